The van der Waals surface area contributed by atoms with Gasteiger partial charge in [-0.15, -0.1) is 0 Å². The first-order chi connectivity index (χ1) is 21.6. The number of sulfonamides is 1. The zero-order valence-corrected chi connectivity index (χ0v) is 28.0. The predicted octanol–water partition coefficient (Wildman–Crippen LogP) is 6.46. The molecule has 1 fully saturated rings. The molecular formula is C33H39Cl2N3O6S. The Hall–Kier alpha value is -3.47. The third kappa shape index (κ3) is 8.23. The maximum absolute atomic E-state index is 14.4. The summed E-state index contributed by atoms with van der Waals surface area (Å²) in [5.74, 6) is -0.228. The summed E-state index contributed by atoms with van der Waals surface area (Å²) in [5.41, 5.74) is 0.641. The van der Waals surface area contributed by atoms with Crippen LogP contribution < -0.4 is 19.1 Å². The van der Waals surface area contributed by atoms with Crippen molar-refractivity contribution in [1.82, 2.24) is 10.2 Å². The minimum atomic E-state index is -4.26. The van der Waals surface area contributed by atoms with E-state index in [-0.39, 0.29) is 41.2 Å². The number of halogens is 2. The van der Waals surface area contributed by atoms with Crippen LogP contribution in [-0.4, -0.2) is 58.0 Å². The van der Waals surface area contributed by atoms with E-state index in [9.17, 15) is 18.0 Å². The van der Waals surface area contributed by atoms with Crippen LogP contribution in [0.5, 0.6) is 11.5 Å². The largest absolute Gasteiger partial charge is 0.493 e. The van der Waals surface area contributed by atoms with Gasteiger partial charge in [0, 0.05) is 34.3 Å². The van der Waals surface area contributed by atoms with Gasteiger partial charge in [-0.2, -0.15) is 0 Å². The van der Waals surface area contributed by atoms with Crippen molar-refractivity contribution < 1.29 is 27.5 Å². The highest BCUT2D eigenvalue weighted by molar-refractivity contribution is 7.92. The highest BCUT2D eigenvalue weighted by Gasteiger charge is 2.35. The average Bonchev–Trinajstić information content (AvgIpc) is 3.05. The minimum Gasteiger partial charge on any atom is -0.493 e. The standard InChI is InChI=1S/C33H39Cl2N3O6S/c1-4-29(33(40)36-23-12-7-5-8-13-23)37(21-26-27(34)16-11-17-28(26)35)32(39)22-38(45(41,42)25-14-9-6-10-15-25)24-18-19-30(43-2)31(20-24)44-3/h6,9-11,14-20,23,29H,4-5,7-8,12-13,21-22H2,1-3H3,(H,36,40)/t29-/m0/s1. The average molecular weight is 677 g/mol. The van der Waals surface area contributed by atoms with E-state index in [1.54, 1.807) is 42.5 Å². The molecule has 0 saturated heterocycles. The van der Waals surface area contributed by atoms with Crippen LogP contribution in [0.25, 0.3) is 0 Å². The summed E-state index contributed by atoms with van der Waals surface area (Å²) in [6, 6.07) is 16.6. The number of carbonyl (C=O) groups is 2. The van der Waals surface area contributed by atoms with Crippen LogP contribution in [0.3, 0.4) is 0 Å². The molecule has 0 aliphatic heterocycles. The number of nitrogens with one attached hydrogen (secondary N) is 1. The molecule has 45 heavy (non-hydrogen) atoms. The Morgan fingerprint density at radius 1 is 0.911 bits per heavy atom. The zero-order valence-electron chi connectivity index (χ0n) is 25.7. The topological polar surface area (TPSA) is 105 Å². The maximum atomic E-state index is 14.4. The second-order valence-corrected chi connectivity index (χ2v) is 13.5. The van der Waals surface area contributed by atoms with Crippen molar-refractivity contribution in [2.75, 3.05) is 25.1 Å². The van der Waals surface area contributed by atoms with E-state index in [1.807, 2.05) is 6.92 Å². The smallest absolute Gasteiger partial charge is 0.264 e. The van der Waals surface area contributed by atoms with Crippen LogP contribution in [-0.2, 0) is 26.2 Å². The molecule has 9 nitrogen and oxygen atoms in total. The quantitative estimate of drug-likeness (QED) is 0.223. The van der Waals surface area contributed by atoms with Gasteiger partial charge in [0.05, 0.1) is 24.8 Å². The van der Waals surface area contributed by atoms with E-state index in [0.717, 1.165) is 36.4 Å². The third-order valence-corrected chi connectivity index (χ3v) is 10.5. The molecule has 0 aromatic heterocycles. The summed E-state index contributed by atoms with van der Waals surface area (Å²) in [5, 5.41) is 3.79. The molecule has 1 aliphatic carbocycles. The zero-order chi connectivity index (χ0) is 32.6. The van der Waals surface area contributed by atoms with Crippen molar-refractivity contribution >= 4 is 50.7 Å². The van der Waals surface area contributed by atoms with Gasteiger partial charge >= 0.3 is 0 Å². The van der Waals surface area contributed by atoms with Crippen LogP contribution in [0, 0.1) is 0 Å². The molecule has 1 N–H and O–H groups in total. The van der Waals surface area contributed by atoms with Crippen molar-refractivity contribution in [2.24, 2.45) is 0 Å². The minimum absolute atomic E-state index is 0.00429. The number of ether oxygens (including phenoxy) is 2. The molecule has 242 valence electrons. The fourth-order valence-electron chi connectivity index (χ4n) is 5.55. The number of methoxy groups -OCH3 is 2. The van der Waals surface area contributed by atoms with Crippen molar-refractivity contribution in [2.45, 2.75) is 69.0 Å². The predicted molar refractivity (Wildman–Crippen MR) is 177 cm³/mol. The number of anilines is 1. The first-order valence-corrected chi connectivity index (χ1v) is 17.1. The van der Waals surface area contributed by atoms with Gasteiger partial charge in [-0.3, -0.25) is 13.9 Å². The lowest BCUT2D eigenvalue weighted by Gasteiger charge is -2.35. The Balaban J connectivity index is 1.77. The summed E-state index contributed by atoms with van der Waals surface area (Å²) in [7, 11) is -1.34. The number of rotatable bonds is 13. The Morgan fingerprint density at radius 3 is 2.16 bits per heavy atom. The maximum Gasteiger partial charge on any atom is 0.264 e. The van der Waals surface area contributed by atoms with Gasteiger partial charge in [-0.25, -0.2) is 8.42 Å². The highest BCUT2D eigenvalue weighted by atomic mass is 35.5. The number of nitrogens with zero attached hydrogens (tertiary/aromatic N) is 2. The molecule has 0 heterocycles. The van der Waals surface area contributed by atoms with Crippen molar-refractivity contribution in [3.8, 4) is 11.5 Å². The summed E-state index contributed by atoms with van der Waals surface area (Å²) in [6.45, 7) is 1.10. The van der Waals surface area contributed by atoms with Crippen molar-refractivity contribution in [3.63, 3.8) is 0 Å². The number of amides is 2. The van der Waals surface area contributed by atoms with E-state index >= 15 is 0 Å². The first-order valence-electron chi connectivity index (χ1n) is 14.9. The molecule has 3 aromatic carbocycles. The number of carbonyl (C=O) groups excluding carboxylic acids is 2. The Kier molecular flexibility index (Phi) is 12.0. The normalized spacial score (nSPS) is 14.3. The number of hydrogen-bond acceptors (Lipinski definition) is 6. The van der Waals surface area contributed by atoms with Crippen LogP contribution >= 0.6 is 23.2 Å². The third-order valence-electron chi connectivity index (χ3n) is 7.99. The lowest BCUT2D eigenvalue weighted by molar-refractivity contribution is -0.140. The molecule has 3 aromatic rings. The van der Waals surface area contributed by atoms with Gasteiger partial charge in [0.25, 0.3) is 10.0 Å². The van der Waals surface area contributed by atoms with Crippen LogP contribution in [0.15, 0.2) is 71.6 Å². The summed E-state index contributed by atoms with van der Waals surface area (Å²) >= 11 is 13.0. The van der Waals surface area contributed by atoms with Crippen LogP contribution in [0.1, 0.15) is 51.0 Å². The molecule has 0 spiro atoms. The second kappa shape index (κ2) is 15.7. The molecule has 4 rings (SSSR count). The van der Waals surface area contributed by atoms with Gasteiger partial charge in [-0.05, 0) is 55.7 Å². The summed E-state index contributed by atoms with van der Waals surface area (Å²) in [4.78, 5) is 29.5. The van der Waals surface area contributed by atoms with Crippen molar-refractivity contribution in [1.29, 1.82) is 0 Å². The van der Waals surface area contributed by atoms with E-state index in [4.69, 9.17) is 32.7 Å². The Bertz CT molecular complexity index is 1560. The molecule has 0 unspecified atom stereocenters. The molecule has 2 amide bonds. The molecule has 12 heteroatoms. The Morgan fingerprint density at radius 2 is 1.56 bits per heavy atom. The van der Waals surface area contributed by atoms with Crippen LogP contribution in [0.2, 0.25) is 10.0 Å². The fourth-order valence-corrected chi connectivity index (χ4v) is 7.49. The Labute approximate surface area is 275 Å². The van der Waals surface area contributed by atoms with Crippen molar-refractivity contribution in [3.05, 3.63) is 82.3 Å². The van der Waals surface area contributed by atoms with Gasteiger partial charge in [0.1, 0.15) is 12.6 Å². The molecule has 1 saturated carbocycles. The van der Waals surface area contributed by atoms with Gasteiger partial charge in [0.2, 0.25) is 11.8 Å². The number of hydrogen-bond donors (Lipinski definition) is 1. The molecule has 1 atom stereocenters. The van der Waals surface area contributed by atoms with E-state index in [1.165, 1.54) is 43.4 Å². The van der Waals surface area contributed by atoms with E-state index < -0.39 is 28.5 Å². The number of benzene rings is 3. The highest BCUT2D eigenvalue weighted by Crippen LogP contribution is 2.34. The van der Waals surface area contributed by atoms with Gasteiger partial charge in [-0.1, -0.05) is 73.7 Å². The summed E-state index contributed by atoms with van der Waals surface area (Å²) in [6.07, 6.45) is 5.20. The lowest BCUT2D eigenvalue weighted by atomic mass is 9.95. The van der Waals surface area contributed by atoms with Gasteiger partial charge < -0.3 is 19.7 Å². The molecule has 0 bridgehead atoms. The SMILES string of the molecule is CC[C@@H](C(=O)NC1CCCCC1)N(Cc1c(Cl)cccc1Cl)C(=O)CN(c1ccc(OC)c(OC)c1)S(=O)(=O)c1ccccc1. The van der Waals surface area contributed by atoms with E-state index in [0.29, 0.717) is 21.4 Å². The molecule has 0 radical (unpaired) electrons. The van der Waals surface area contributed by atoms with Gasteiger partial charge in [0.15, 0.2) is 11.5 Å². The second-order valence-electron chi connectivity index (χ2n) is 10.9. The fraction of sp³-hybridized carbons (Fsp3) is 0.394. The molecule has 1 aliphatic rings. The lowest BCUT2D eigenvalue weighted by Crippen LogP contribution is -2.54. The monoisotopic (exact) mass is 675 g/mol. The summed E-state index contributed by atoms with van der Waals surface area (Å²) < 4.78 is 40.0. The van der Waals surface area contributed by atoms with E-state index in [2.05, 4.69) is 5.32 Å². The molecular weight excluding hydrogens is 637 g/mol. The first kappa shape index (κ1) is 34.4. The van der Waals surface area contributed by atoms with Crippen LogP contribution in [0.4, 0.5) is 5.69 Å².